The van der Waals surface area contributed by atoms with Crippen LogP contribution in [-0.2, 0) is 6.61 Å². The first-order valence-corrected chi connectivity index (χ1v) is 10.8. The summed E-state index contributed by atoms with van der Waals surface area (Å²) >= 11 is 0. The highest BCUT2D eigenvalue weighted by Gasteiger charge is 2.31. The van der Waals surface area contributed by atoms with Gasteiger partial charge in [-0.1, -0.05) is 25.1 Å². The Bertz CT molecular complexity index is 740. The topological polar surface area (TPSA) is 48.6 Å². The maximum atomic E-state index is 9.85. The molecule has 1 saturated heterocycles. The average molecular weight is 371 g/mol. The Morgan fingerprint density at radius 3 is 2.33 bits per heavy atom. The van der Waals surface area contributed by atoms with E-state index in [9.17, 15) is 10.2 Å². The van der Waals surface area contributed by atoms with E-state index in [-0.39, 0.29) is 6.61 Å². The summed E-state index contributed by atoms with van der Waals surface area (Å²) in [5, 5.41) is 20.5. The smallest absolute Gasteiger partial charge is 0.0833 e. The Balaban J connectivity index is 1.39. The van der Waals surface area contributed by atoms with Crippen LogP contribution in [0.3, 0.4) is 0 Å². The summed E-state index contributed by atoms with van der Waals surface area (Å²) in [5.74, 6) is 1.16. The minimum atomic E-state index is 0.113. The molecule has 148 valence electrons. The lowest BCUT2D eigenvalue weighted by atomic mass is 9.78. The third kappa shape index (κ3) is 3.80. The lowest BCUT2D eigenvalue weighted by molar-refractivity contribution is 0.0763. The van der Waals surface area contributed by atoms with E-state index in [0.29, 0.717) is 24.5 Å². The van der Waals surface area contributed by atoms with E-state index in [2.05, 4.69) is 46.7 Å². The van der Waals surface area contributed by atoms with Crippen molar-refractivity contribution in [1.82, 2.24) is 9.47 Å². The van der Waals surface area contributed by atoms with Crippen molar-refractivity contribution in [3.63, 3.8) is 0 Å². The first-order valence-electron chi connectivity index (χ1n) is 10.8. The Morgan fingerprint density at radius 1 is 0.963 bits per heavy atom. The number of para-hydroxylation sites is 1. The summed E-state index contributed by atoms with van der Waals surface area (Å²) in [6.45, 7) is 4.96. The number of nitrogens with zero attached hydrogens (tertiary/aromatic N) is 2. The molecule has 2 aromatic rings. The van der Waals surface area contributed by atoms with E-state index in [1.807, 2.05) is 0 Å². The van der Waals surface area contributed by atoms with Gasteiger partial charge in [-0.05, 0) is 67.9 Å². The van der Waals surface area contributed by atoms with Gasteiger partial charge in [0.05, 0.1) is 6.61 Å². The highest BCUT2D eigenvalue weighted by atomic mass is 16.3. The molecule has 2 heterocycles. The first-order chi connectivity index (χ1) is 13.2. The Hall–Kier alpha value is -1.36. The fourth-order valence-electron chi connectivity index (χ4n) is 5.48. The minimum Gasteiger partial charge on any atom is -0.396 e. The molecule has 0 spiro atoms. The maximum Gasteiger partial charge on any atom is 0.0833 e. The number of piperidine rings is 1. The molecule has 0 radical (unpaired) electrons. The Labute approximate surface area is 162 Å². The van der Waals surface area contributed by atoms with Gasteiger partial charge in [0.2, 0.25) is 0 Å². The number of aliphatic hydroxyl groups is 2. The zero-order valence-corrected chi connectivity index (χ0v) is 16.6. The molecule has 2 N–H and O–H groups in total. The molecule has 1 saturated carbocycles. The summed E-state index contributed by atoms with van der Waals surface area (Å²) in [5.41, 5.74) is 2.31. The van der Waals surface area contributed by atoms with Crippen molar-refractivity contribution in [2.24, 2.45) is 11.8 Å². The zero-order valence-electron chi connectivity index (χ0n) is 16.6. The van der Waals surface area contributed by atoms with Crippen LogP contribution in [0.25, 0.3) is 10.9 Å². The number of benzene rings is 1. The standard InChI is InChI=1S/C23H34N2O2/c1-17(15-26)18-6-8-20(9-7-18)24-12-10-21(11-13-24)25-22(16-27)14-19-4-2-3-5-23(19)25/h2-5,14,17-18,20-21,26-27H,6-13,15-16H2,1H3. The average Bonchev–Trinajstić information content (AvgIpc) is 3.12. The lowest BCUT2D eigenvalue weighted by Crippen LogP contribution is -2.44. The van der Waals surface area contributed by atoms with Crippen LogP contribution in [0.2, 0.25) is 0 Å². The van der Waals surface area contributed by atoms with E-state index in [1.165, 1.54) is 49.4 Å². The normalized spacial score (nSPS) is 26.5. The number of aromatic nitrogens is 1. The van der Waals surface area contributed by atoms with Crippen LogP contribution in [-0.4, -0.2) is 45.4 Å². The van der Waals surface area contributed by atoms with E-state index >= 15 is 0 Å². The van der Waals surface area contributed by atoms with Crippen molar-refractivity contribution < 1.29 is 10.2 Å². The van der Waals surface area contributed by atoms with Crippen LogP contribution in [0.5, 0.6) is 0 Å². The number of aliphatic hydroxyl groups excluding tert-OH is 2. The molecule has 2 fully saturated rings. The van der Waals surface area contributed by atoms with Gasteiger partial charge >= 0.3 is 0 Å². The molecule has 27 heavy (non-hydrogen) atoms. The number of hydrogen-bond acceptors (Lipinski definition) is 3. The number of likely N-dealkylation sites (tertiary alicyclic amines) is 1. The first kappa shape index (κ1) is 19.0. The van der Waals surface area contributed by atoms with Crippen LogP contribution in [0, 0.1) is 11.8 Å². The molecule has 1 unspecified atom stereocenters. The van der Waals surface area contributed by atoms with Crippen molar-refractivity contribution >= 4 is 10.9 Å². The summed E-state index contributed by atoms with van der Waals surface area (Å²) in [4.78, 5) is 2.71. The molecular weight excluding hydrogens is 336 g/mol. The molecule has 1 aliphatic carbocycles. The van der Waals surface area contributed by atoms with Crippen LogP contribution < -0.4 is 0 Å². The largest absolute Gasteiger partial charge is 0.396 e. The fourth-order valence-corrected chi connectivity index (χ4v) is 5.48. The van der Waals surface area contributed by atoms with Crippen molar-refractivity contribution in [3.8, 4) is 0 Å². The molecule has 4 heteroatoms. The molecule has 1 aromatic carbocycles. The molecule has 0 amide bonds. The summed E-state index contributed by atoms with van der Waals surface area (Å²) in [6, 6.07) is 11.9. The summed E-state index contributed by atoms with van der Waals surface area (Å²) in [6.07, 6.45) is 7.44. The van der Waals surface area contributed by atoms with Gasteiger partial charge in [-0.15, -0.1) is 0 Å². The van der Waals surface area contributed by atoms with Gasteiger partial charge in [-0.2, -0.15) is 0 Å². The van der Waals surface area contributed by atoms with Gasteiger partial charge < -0.3 is 19.7 Å². The SMILES string of the molecule is CC(CO)C1CCC(N2CCC(n3c(CO)cc4ccccc43)CC2)CC1. The van der Waals surface area contributed by atoms with Crippen molar-refractivity contribution in [1.29, 1.82) is 0 Å². The van der Waals surface area contributed by atoms with Gasteiger partial charge in [-0.25, -0.2) is 0 Å². The highest BCUT2D eigenvalue weighted by Crippen LogP contribution is 2.36. The third-order valence-corrected chi connectivity index (χ3v) is 7.20. The second-order valence-electron chi connectivity index (χ2n) is 8.72. The van der Waals surface area contributed by atoms with E-state index < -0.39 is 0 Å². The van der Waals surface area contributed by atoms with Gasteiger partial charge in [0.1, 0.15) is 0 Å². The summed E-state index contributed by atoms with van der Waals surface area (Å²) < 4.78 is 2.40. The quantitative estimate of drug-likeness (QED) is 0.838. The van der Waals surface area contributed by atoms with E-state index in [0.717, 1.165) is 24.8 Å². The third-order valence-electron chi connectivity index (χ3n) is 7.20. The predicted octanol–water partition coefficient (Wildman–Crippen LogP) is 3.96. The molecule has 2 aliphatic rings. The van der Waals surface area contributed by atoms with Crippen molar-refractivity contribution in [2.75, 3.05) is 19.7 Å². The lowest BCUT2D eigenvalue weighted by Gasteiger charge is -2.42. The molecule has 4 rings (SSSR count). The zero-order chi connectivity index (χ0) is 18.8. The Morgan fingerprint density at radius 2 is 1.67 bits per heavy atom. The molecule has 1 aromatic heterocycles. The molecule has 0 bridgehead atoms. The number of hydrogen-bond donors (Lipinski definition) is 2. The summed E-state index contributed by atoms with van der Waals surface area (Å²) in [7, 11) is 0. The second kappa shape index (κ2) is 8.34. The van der Waals surface area contributed by atoms with Gasteiger partial charge in [0.15, 0.2) is 0 Å². The van der Waals surface area contributed by atoms with Crippen LogP contribution in [0.15, 0.2) is 30.3 Å². The molecule has 4 nitrogen and oxygen atoms in total. The highest BCUT2D eigenvalue weighted by molar-refractivity contribution is 5.81. The maximum absolute atomic E-state index is 9.85. The van der Waals surface area contributed by atoms with Gasteiger partial charge in [0.25, 0.3) is 0 Å². The van der Waals surface area contributed by atoms with Gasteiger partial charge in [0, 0.05) is 43.0 Å². The van der Waals surface area contributed by atoms with Crippen LogP contribution in [0.1, 0.15) is 57.2 Å². The number of rotatable bonds is 5. The fraction of sp³-hybridized carbons (Fsp3) is 0.652. The monoisotopic (exact) mass is 370 g/mol. The molecule has 1 aliphatic heterocycles. The minimum absolute atomic E-state index is 0.113. The van der Waals surface area contributed by atoms with Crippen molar-refractivity contribution in [2.45, 2.75) is 64.1 Å². The Kier molecular flexibility index (Phi) is 5.86. The van der Waals surface area contributed by atoms with E-state index in [1.54, 1.807) is 0 Å². The number of fused-ring (bicyclic) bond motifs is 1. The molecular formula is C23H34N2O2. The van der Waals surface area contributed by atoms with Crippen molar-refractivity contribution in [3.05, 3.63) is 36.0 Å². The van der Waals surface area contributed by atoms with Crippen LogP contribution >= 0.6 is 0 Å². The van der Waals surface area contributed by atoms with Crippen LogP contribution in [0.4, 0.5) is 0 Å². The predicted molar refractivity (Wildman–Crippen MR) is 110 cm³/mol. The second-order valence-corrected chi connectivity index (χ2v) is 8.72. The van der Waals surface area contributed by atoms with Gasteiger partial charge in [-0.3, -0.25) is 0 Å². The molecule has 1 atom stereocenters. The van der Waals surface area contributed by atoms with E-state index in [4.69, 9.17) is 0 Å².